The van der Waals surface area contributed by atoms with Crippen LogP contribution in [0.15, 0.2) is 91.0 Å². The van der Waals surface area contributed by atoms with Crippen molar-refractivity contribution in [3.63, 3.8) is 0 Å². The fourth-order valence-electron chi connectivity index (χ4n) is 1.43. The van der Waals surface area contributed by atoms with Crippen molar-refractivity contribution in [3.05, 3.63) is 128 Å². The summed E-state index contributed by atoms with van der Waals surface area (Å²) in [5.41, 5.74) is 3.22. The molecule has 2 heteroatoms. The van der Waals surface area contributed by atoms with Crippen LogP contribution in [0, 0.1) is 20.8 Å². The molecule has 0 fully saturated rings. The molecule has 0 aromatic heterocycles. The van der Waals surface area contributed by atoms with Gasteiger partial charge in [0.05, 0.1) is 0 Å². The molecular weight excluding hydrogens is 395 g/mol. The Kier molecular flexibility index (Phi) is 19.7. The summed E-state index contributed by atoms with van der Waals surface area (Å²) in [6.45, 7) is 13.4. The summed E-state index contributed by atoms with van der Waals surface area (Å²) in [5.74, 6) is 0. The van der Waals surface area contributed by atoms with Gasteiger partial charge in [-0.15, -0.1) is 36.4 Å². The average Bonchev–Trinajstić information content (AvgIpc) is 2.65. The van der Waals surface area contributed by atoms with Gasteiger partial charge < -0.3 is 5.11 Å². The Morgan fingerprint density at radius 1 is 0.577 bits per heavy atom. The fraction of sp³-hybridized carbons (Fsp3) is 0.125. The van der Waals surface area contributed by atoms with Crippen LogP contribution in [0.3, 0.4) is 0 Å². The van der Waals surface area contributed by atoms with Crippen LogP contribution >= 0.6 is 0 Å². The minimum Gasteiger partial charge on any atom is -0.396 e. The summed E-state index contributed by atoms with van der Waals surface area (Å²) in [6.07, 6.45) is 0.875. The normalized spacial score (nSPS) is 8.08. The summed E-state index contributed by atoms with van der Waals surface area (Å²) in [6, 6.07) is 29.6. The molecule has 0 aliphatic carbocycles. The molecule has 0 aliphatic rings. The molecule has 1 nitrogen and oxygen atoms in total. The fourth-order valence-corrected chi connectivity index (χ4v) is 1.43. The second-order valence-electron chi connectivity index (χ2n) is 5.18. The van der Waals surface area contributed by atoms with Gasteiger partial charge in [0, 0.05) is 6.61 Å². The van der Waals surface area contributed by atoms with Crippen molar-refractivity contribution in [3.8, 4) is 0 Å². The van der Waals surface area contributed by atoms with E-state index < -0.39 is 0 Å². The minimum absolute atomic E-state index is 0. The van der Waals surface area contributed by atoms with Crippen LogP contribution in [0.5, 0.6) is 0 Å². The van der Waals surface area contributed by atoms with Crippen LogP contribution in [0.4, 0.5) is 0 Å². The van der Waals surface area contributed by atoms with Crippen molar-refractivity contribution in [2.24, 2.45) is 0 Å². The van der Waals surface area contributed by atoms with Crippen molar-refractivity contribution in [2.45, 2.75) is 13.3 Å². The quantitative estimate of drug-likeness (QED) is 0.476. The predicted octanol–water partition coefficient (Wildman–Crippen LogP) is 5.99. The molecule has 0 atom stereocenters. The van der Waals surface area contributed by atoms with Crippen LogP contribution in [0.1, 0.15) is 30.0 Å². The van der Waals surface area contributed by atoms with Gasteiger partial charge in [-0.1, -0.05) is 25.1 Å². The van der Waals surface area contributed by atoms with Crippen molar-refractivity contribution in [1.29, 1.82) is 0 Å². The number of aliphatic hydroxyl groups excluding tert-OH is 1. The molecule has 0 spiro atoms. The van der Waals surface area contributed by atoms with E-state index >= 15 is 0 Å². The number of aliphatic hydroxyl groups is 1. The molecule has 0 saturated carbocycles. The topological polar surface area (TPSA) is 20.2 Å². The number of rotatable bonds is 1. The molecule has 0 bridgehead atoms. The van der Waals surface area contributed by atoms with Crippen molar-refractivity contribution >= 4 is 0 Å². The SMILES string of the molecule is CCCO.[CH2-]c1ccccc1.[CH2-]c1ccccc1.[CH2-]c1ccccc1.[Zr+3]. The monoisotopic (exact) mass is 423 g/mol. The minimum atomic E-state index is 0. The number of hydrogen-bond donors (Lipinski definition) is 1. The van der Waals surface area contributed by atoms with E-state index in [9.17, 15) is 0 Å². The first-order valence-electron chi connectivity index (χ1n) is 8.32. The third kappa shape index (κ3) is 18.5. The Bertz CT molecular complexity index is 518. The van der Waals surface area contributed by atoms with Gasteiger partial charge in [0.15, 0.2) is 0 Å². The second kappa shape index (κ2) is 19.4. The molecule has 0 amide bonds. The van der Waals surface area contributed by atoms with Gasteiger partial charge in [0.2, 0.25) is 0 Å². The van der Waals surface area contributed by atoms with Crippen LogP contribution < -0.4 is 0 Å². The molecule has 0 aliphatic heterocycles. The average molecular weight is 425 g/mol. The zero-order valence-electron chi connectivity index (χ0n) is 15.6. The van der Waals surface area contributed by atoms with Gasteiger partial charge in [-0.2, -0.15) is 73.9 Å². The Hall–Kier alpha value is -1.89. The molecule has 0 unspecified atom stereocenters. The third-order valence-electron chi connectivity index (χ3n) is 2.75. The summed E-state index contributed by atoms with van der Waals surface area (Å²) in [4.78, 5) is 0. The maximum Gasteiger partial charge on any atom is 3.00 e. The Morgan fingerprint density at radius 2 is 0.769 bits per heavy atom. The zero-order chi connectivity index (χ0) is 18.8. The van der Waals surface area contributed by atoms with Crippen molar-refractivity contribution in [2.75, 3.05) is 6.61 Å². The van der Waals surface area contributed by atoms with Crippen LogP contribution in [0.25, 0.3) is 0 Å². The van der Waals surface area contributed by atoms with E-state index in [2.05, 4.69) is 20.8 Å². The van der Waals surface area contributed by atoms with Gasteiger partial charge in [0.25, 0.3) is 0 Å². The molecule has 3 aromatic carbocycles. The summed E-state index contributed by atoms with van der Waals surface area (Å²) >= 11 is 0. The van der Waals surface area contributed by atoms with Gasteiger partial charge in [-0.3, -0.25) is 0 Å². The summed E-state index contributed by atoms with van der Waals surface area (Å²) in [5, 5.41) is 7.88. The number of benzene rings is 3. The summed E-state index contributed by atoms with van der Waals surface area (Å²) in [7, 11) is 0. The van der Waals surface area contributed by atoms with Gasteiger partial charge >= 0.3 is 26.2 Å². The van der Waals surface area contributed by atoms with E-state index in [1.807, 2.05) is 97.9 Å². The Balaban J connectivity index is 0. The first-order chi connectivity index (χ1) is 12.1. The molecular formula is C24H29OZr. The van der Waals surface area contributed by atoms with E-state index in [1.165, 1.54) is 0 Å². The second-order valence-corrected chi connectivity index (χ2v) is 5.18. The Labute approximate surface area is 179 Å². The molecule has 26 heavy (non-hydrogen) atoms. The van der Waals surface area contributed by atoms with E-state index in [0.29, 0.717) is 6.61 Å². The van der Waals surface area contributed by atoms with E-state index in [-0.39, 0.29) is 26.2 Å². The molecule has 3 aromatic rings. The maximum absolute atomic E-state index is 7.88. The molecule has 3 rings (SSSR count). The molecule has 1 N–H and O–H groups in total. The smallest absolute Gasteiger partial charge is 0.396 e. The van der Waals surface area contributed by atoms with Crippen LogP contribution in [-0.4, -0.2) is 11.7 Å². The van der Waals surface area contributed by atoms with Crippen molar-refractivity contribution < 1.29 is 31.3 Å². The molecule has 0 saturated heterocycles. The standard InChI is InChI=1S/3C7H7.C3H8O.Zr/c3*1-7-5-3-2-4-6-7;1-2-3-4;/h3*2-6H,1H2;4H,2-3H2,1H3;/q3*-1;;+3. The first kappa shape index (κ1) is 26.3. The Morgan fingerprint density at radius 3 is 0.846 bits per heavy atom. The first-order valence-corrected chi connectivity index (χ1v) is 8.32. The van der Waals surface area contributed by atoms with Crippen LogP contribution in [-0.2, 0) is 26.2 Å². The van der Waals surface area contributed by atoms with Crippen LogP contribution in [0.2, 0.25) is 0 Å². The predicted molar refractivity (Wildman–Crippen MR) is 110 cm³/mol. The van der Waals surface area contributed by atoms with E-state index in [1.54, 1.807) is 0 Å². The molecule has 135 valence electrons. The van der Waals surface area contributed by atoms with E-state index in [0.717, 1.165) is 23.1 Å². The zero-order valence-corrected chi connectivity index (χ0v) is 18.1. The molecule has 1 radical (unpaired) electrons. The summed E-state index contributed by atoms with van der Waals surface area (Å²) < 4.78 is 0. The van der Waals surface area contributed by atoms with Gasteiger partial charge in [-0.05, 0) is 6.42 Å². The third-order valence-corrected chi connectivity index (χ3v) is 2.75. The van der Waals surface area contributed by atoms with Gasteiger partial charge in [0.1, 0.15) is 0 Å². The maximum atomic E-state index is 7.88. The largest absolute Gasteiger partial charge is 3.00 e. The van der Waals surface area contributed by atoms with E-state index in [4.69, 9.17) is 5.11 Å². The molecule has 0 heterocycles. The van der Waals surface area contributed by atoms with Crippen molar-refractivity contribution in [1.82, 2.24) is 0 Å². The van der Waals surface area contributed by atoms with Gasteiger partial charge in [-0.25, -0.2) is 0 Å². The number of hydrogen-bond acceptors (Lipinski definition) is 1.